The summed E-state index contributed by atoms with van der Waals surface area (Å²) in [6, 6.07) is 7.14. The van der Waals surface area contributed by atoms with Crippen LogP contribution in [-0.2, 0) is 4.79 Å². The van der Waals surface area contributed by atoms with E-state index in [-0.39, 0.29) is 12.0 Å². The second kappa shape index (κ2) is 5.76. The SMILES string of the molecule is COc1cccc(OCC(C(=O)O)C(C)(C)C)c1. The number of carbonyl (C=O) groups is 1. The molecule has 1 aromatic carbocycles. The molecule has 4 heteroatoms. The van der Waals surface area contributed by atoms with Crippen molar-refractivity contribution in [3.63, 3.8) is 0 Å². The molecule has 1 N–H and O–H groups in total. The molecule has 0 aromatic heterocycles. The van der Waals surface area contributed by atoms with Gasteiger partial charge in [-0.3, -0.25) is 4.79 Å². The molecule has 0 saturated heterocycles. The maximum atomic E-state index is 11.2. The van der Waals surface area contributed by atoms with Crippen molar-refractivity contribution in [2.75, 3.05) is 13.7 Å². The lowest BCUT2D eigenvalue weighted by molar-refractivity contribution is -0.146. The van der Waals surface area contributed by atoms with Gasteiger partial charge in [-0.15, -0.1) is 0 Å². The Morgan fingerprint density at radius 2 is 1.94 bits per heavy atom. The molecule has 1 aromatic rings. The molecule has 0 radical (unpaired) electrons. The van der Waals surface area contributed by atoms with Crippen LogP contribution in [0.4, 0.5) is 0 Å². The Labute approximate surface area is 108 Å². The van der Waals surface area contributed by atoms with E-state index < -0.39 is 11.9 Å². The molecule has 0 bridgehead atoms. The molecule has 0 aliphatic carbocycles. The zero-order valence-corrected chi connectivity index (χ0v) is 11.3. The lowest BCUT2D eigenvalue weighted by Gasteiger charge is -2.26. The first-order chi connectivity index (χ1) is 8.34. The molecule has 4 nitrogen and oxygen atoms in total. The summed E-state index contributed by atoms with van der Waals surface area (Å²) in [5.41, 5.74) is -0.343. The highest BCUT2D eigenvalue weighted by atomic mass is 16.5. The van der Waals surface area contributed by atoms with Gasteiger partial charge in [0.2, 0.25) is 0 Å². The van der Waals surface area contributed by atoms with Crippen molar-refractivity contribution in [3.8, 4) is 11.5 Å². The van der Waals surface area contributed by atoms with Crippen LogP contribution in [0.25, 0.3) is 0 Å². The molecule has 0 aliphatic rings. The molecule has 0 spiro atoms. The minimum absolute atomic E-state index is 0.145. The molecule has 1 atom stereocenters. The number of ether oxygens (including phenoxy) is 2. The van der Waals surface area contributed by atoms with Crippen molar-refractivity contribution in [1.82, 2.24) is 0 Å². The summed E-state index contributed by atoms with van der Waals surface area (Å²) in [5, 5.41) is 9.18. The van der Waals surface area contributed by atoms with Crippen LogP contribution in [0.5, 0.6) is 11.5 Å². The van der Waals surface area contributed by atoms with Gasteiger partial charge in [0.05, 0.1) is 13.0 Å². The minimum Gasteiger partial charge on any atom is -0.497 e. The van der Waals surface area contributed by atoms with E-state index in [1.807, 2.05) is 26.8 Å². The third kappa shape index (κ3) is 3.95. The van der Waals surface area contributed by atoms with E-state index in [4.69, 9.17) is 9.47 Å². The third-order valence-electron chi connectivity index (χ3n) is 2.80. The largest absolute Gasteiger partial charge is 0.497 e. The highest BCUT2D eigenvalue weighted by Crippen LogP contribution is 2.27. The van der Waals surface area contributed by atoms with E-state index in [1.165, 1.54) is 0 Å². The summed E-state index contributed by atoms with van der Waals surface area (Å²) in [7, 11) is 1.58. The van der Waals surface area contributed by atoms with E-state index >= 15 is 0 Å². The number of rotatable bonds is 5. The van der Waals surface area contributed by atoms with Gasteiger partial charge < -0.3 is 14.6 Å². The lowest BCUT2D eigenvalue weighted by atomic mass is 9.81. The van der Waals surface area contributed by atoms with E-state index in [9.17, 15) is 9.90 Å². The predicted octanol–water partition coefficient (Wildman–Crippen LogP) is 2.82. The van der Waals surface area contributed by atoms with Crippen molar-refractivity contribution in [2.24, 2.45) is 11.3 Å². The lowest BCUT2D eigenvalue weighted by Crippen LogP contribution is -2.33. The van der Waals surface area contributed by atoms with Crippen molar-refractivity contribution >= 4 is 5.97 Å². The first kappa shape index (κ1) is 14.4. The number of hydrogen-bond donors (Lipinski definition) is 1. The number of aliphatic carboxylic acids is 1. The summed E-state index contributed by atoms with van der Waals surface area (Å²) >= 11 is 0. The van der Waals surface area contributed by atoms with Crippen LogP contribution in [0.3, 0.4) is 0 Å². The van der Waals surface area contributed by atoms with Gasteiger partial charge in [-0.2, -0.15) is 0 Å². The summed E-state index contributed by atoms with van der Waals surface area (Å²) < 4.78 is 10.6. The number of methoxy groups -OCH3 is 1. The Balaban J connectivity index is 2.70. The van der Waals surface area contributed by atoms with Crippen LogP contribution >= 0.6 is 0 Å². The molecule has 0 heterocycles. The number of carboxylic acid groups (broad SMARTS) is 1. The van der Waals surface area contributed by atoms with E-state index in [2.05, 4.69) is 0 Å². The molecule has 1 unspecified atom stereocenters. The smallest absolute Gasteiger partial charge is 0.310 e. The highest BCUT2D eigenvalue weighted by Gasteiger charge is 2.31. The zero-order chi connectivity index (χ0) is 13.8. The topological polar surface area (TPSA) is 55.8 Å². The fourth-order valence-corrected chi connectivity index (χ4v) is 1.56. The Morgan fingerprint density at radius 3 is 2.44 bits per heavy atom. The minimum atomic E-state index is -0.842. The van der Waals surface area contributed by atoms with E-state index in [1.54, 1.807) is 25.3 Å². The van der Waals surface area contributed by atoms with Crippen LogP contribution in [0.2, 0.25) is 0 Å². The standard InChI is InChI=1S/C14H20O4/c1-14(2,3)12(13(15)16)9-18-11-7-5-6-10(8-11)17-4/h5-8,12H,9H2,1-4H3,(H,15,16). The fourth-order valence-electron chi connectivity index (χ4n) is 1.56. The second-order valence-corrected chi connectivity index (χ2v) is 5.25. The van der Waals surface area contributed by atoms with Crippen LogP contribution < -0.4 is 9.47 Å². The summed E-state index contributed by atoms with van der Waals surface area (Å²) in [5.74, 6) is -0.0888. The van der Waals surface area contributed by atoms with Gasteiger partial charge in [0.25, 0.3) is 0 Å². The molecule has 18 heavy (non-hydrogen) atoms. The quantitative estimate of drug-likeness (QED) is 0.875. The fraction of sp³-hybridized carbons (Fsp3) is 0.500. The van der Waals surface area contributed by atoms with Gasteiger partial charge in [0, 0.05) is 6.07 Å². The average molecular weight is 252 g/mol. The molecule has 1 rings (SSSR count). The third-order valence-corrected chi connectivity index (χ3v) is 2.80. The average Bonchev–Trinajstić information content (AvgIpc) is 2.27. The van der Waals surface area contributed by atoms with Crippen molar-refractivity contribution in [1.29, 1.82) is 0 Å². The predicted molar refractivity (Wildman–Crippen MR) is 69.1 cm³/mol. The first-order valence-electron chi connectivity index (χ1n) is 5.84. The molecule has 0 saturated carbocycles. The Kier molecular flexibility index (Phi) is 4.59. The van der Waals surface area contributed by atoms with E-state index in [0.717, 1.165) is 0 Å². The van der Waals surface area contributed by atoms with Crippen LogP contribution in [0.1, 0.15) is 20.8 Å². The maximum absolute atomic E-state index is 11.2. The van der Waals surface area contributed by atoms with Crippen molar-refractivity contribution in [2.45, 2.75) is 20.8 Å². The van der Waals surface area contributed by atoms with Crippen LogP contribution in [-0.4, -0.2) is 24.8 Å². The molecule has 100 valence electrons. The summed E-state index contributed by atoms with van der Waals surface area (Å²) in [6.45, 7) is 5.81. The van der Waals surface area contributed by atoms with Gasteiger partial charge in [-0.25, -0.2) is 0 Å². The van der Waals surface area contributed by atoms with Gasteiger partial charge in [-0.1, -0.05) is 26.8 Å². The second-order valence-electron chi connectivity index (χ2n) is 5.25. The van der Waals surface area contributed by atoms with Crippen LogP contribution in [0, 0.1) is 11.3 Å². The molecule has 0 fully saturated rings. The van der Waals surface area contributed by atoms with Crippen molar-refractivity contribution < 1.29 is 19.4 Å². The molecule has 0 amide bonds. The van der Waals surface area contributed by atoms with Gasteiger partial charge in [0.15, 0.2) is 0 Å². The van der Waals surface area contributed by atoms with Gasteiger partial charge in [-0.05, 0) is 17.5 Å². The molecular weight excluding hydrogens is 232 g/mol. The Hall–Kier alpha value is -1.71. The normalized spacial score (nSPS) is 12.9. The molecular formula is C14H20O4. The first-order valence-corrected chi connectivity index (χ1v) is 5.84. The van der Waals surface area contributed by atoms with Gasteiger partial charge >= 0.3 is 5.97 Å². The monoisotopic (exact) mass is 252 g/mol. The summed E-state index contributed by atoms with van der Waals surface area (Å²) in [4.78, 5) is 11.2. The highest BCUT2D eigenvalue weighted by molar-refractivity contribution is 5.71. The maximum Gasteiger partial charge on any atom is 0.310 e. The Morgan fingerprint density at radius 1 is 1.33 bits per heavy atom. The van der Waals surface area contributed by atoms with Gasteiger partial charge in [0.1, 0.15) is 18.1 Å². The number of hydrogen-bond acceptors (Lipinski definition) is 3. The summed E-state index contributed by atoms with van der Waals surface area (Å²) in [6.07, 6.45) is 0. The zero-order valence-electron chi connectivity index (χ0n) is 11.3. The Bertz CT molecular complexity index is 407. The van der Waals surface area contributed by atoms with E-state index in [0.29, 0.717) is 11.5 Å². The number of benzene rings is 1. The number of carboxylic acids is 1. The molecule has 0 aliphatic heterocycles. The van der Waals surface area contributed by atoms with Crippen molar-refractivity contribution in [3.05, 3.63) is 24.3 Å². The van der Waals surface area contributed by atoms with Crippen LogP contribution in [0.15, 0.2) is 24.3 Å².